The van der Waals surface area contributed by atoms with E-state index in [-0.39, 0.29) is 17.7 Å². The first-order valence-corrected chi connectivity index (χ1v) is 11.0. The van der Waals surface area contributed by atoms with E-state index in [0.717, 1.165) is 51.4 Å². The van der Waals surface area contributed by atoms with Crippen molar-refractivity contribution in [3.8, 4) is 0 Å². The Morgan fingerprint density at radius 2 is 2.00 bits per heavy atom. The number of aromatic amines is 1. The van der Waals surface area contributed by atoms with Crippen LogP contribution in [0.1, 0.15) is 42.6 Å². The van der Waals surface area contributed by atoms with E-state index in [1.807, 2.05) is 11.9 Å². The zero-order chi connectivity index (χ0) is 20.2. The molecule has 0 saturated carbocycles. The molecule has 2 aliphatic heterocycles. The van der Waals surface area contributed by atoms with Gasteiger partial charge in [0.15, 0.2) is 0 Å². The van der Waals surface area contributed by atoms with Crippen LogP contribution < -0.4 is 0 Å². The molecule has 4 rings (SSSR count). The average molecular weight is 404 g/mol. The number of morpholine rings is 1. The molecule has 1 aliphatic carbocycles. The molecule has 0 radical (unpaired) electrons. The Labute approximate surface area is 172 Å². The number of nitrogens with zero attached hydrogens (tertiary/aromatic N) is 4. The van der Waals surface area contributed by atoms with Crippen LogP contribution in [0.5, 0.6) is 0 Å². The van der Waals surface area contributed by atoms with E-state index < -0.39 is 0 Å². The fourth-order valence-corrected chi connectivity index (χ4v) is 4.71. The molecule has 29 heavy (non-hydrogen) atoms. The minimum Gasteiger partial charge on any atom is -0.379 e. The Balaban J connectivity index is 1.31. The van der Waals surface area contributed by atoms with Gasteiger partial charge < -0.3 is 14.5 Å². The second-order valence-electron chi connectivity index (χ2n) is 8.56. The maximum Gasteiger partial charge on any atom is 0.227 e. The number of carbonyl (C=O) groups is 2. The van der Waals surface area contributed by atoms with Crippen molar-refractivity contribution in [2.75, 3.05) is 53.0 Å². The Bertz CT molecular complexity index is 728. The van der Waals surface area contributed by atoms with Crippen LogP contribution in [-0.4, -0.2) is 89.7 Å². The Kier molecular flexibility index (Phi) is 6.50. The summed E-state index contributed by atoms with van der Waals surface area (Å²) in [5.74, 6) is 0.185. The van der Waals surface area contributed by atoms with Gasteiger partial charge in [-0.25, -0.2) is 0 Å². The third kappa shape index (κ3) is 4.80. The van der Waals surface area contributed by atoms with Gasteiger partial charge in [-0.05, 0) is 37.7 Å². The molecule has 1 aromatic heterocycles. The summed E-state index contributed by atoms with van der Waals surface area (Å²) < 4.78 is 5.39. The van der Waals surface area contributed by atoms with Crippen molar-refractivity contribution >= 4 is 11.8 Å². The third-order valence-corrected chi connectivity index (χ3v) is 6.54. The summed E-state index contributed by atoms with van der Waals surface area (Å²) in [4.78, 5) is 31.4. The predicted molar refractivity (Wildman–Crippen MR) is 108 cm³/mol. The third-order valence-electron chi connectivity index (χ3n) is 6.54. The quantitative estimate of drug-likeness (QED) is 0.761. The van der Waals surface area contributed by atoms with E-state index >= 15 is 0 Å². The molecule has 0 spiro atoms. The highest BCUT2D eigenvalue weighted by atomic mass is 16.5. The van der Waals surface area contributed by atoms with Crippen molar-refractivity contribution in [1.82, 2.24) is 24.9 Å². The van der Waals surface area contributed by atoms with Crippen molar-refractivity contribution in [2.24, 2.45) is 5.92 Å². The molecule has 1 N–H and O–H groups in total. The van der Waals surface area contributed by atoms with Crippen LogP contribution in [-0.2, 0) is 33.7 Å². The lowest BCUT2D eigenvalue weighted by atomic mass is 9.94. The van der Waals surface area contributed by atoms with Gasteiger partial charge in [-0.3, -0.25) is 19.6 Å². The molecule has 3 aliphatic rings. The number of fused-ring (bicyclic) bond motifs is 1. The molecule has 160 valence electrons. The van der Waals surface area contributed by atoms with Crippen molar-refractivity contribution in [2.45, 2.75) is 45.1 Å². The van der Waals surface area contributed by atoms with E-state index in [1.54, 1.807) is 4.90 Å². The van der Waals surface area contributed by atoms with Crippen LogP contribution >= 0.6 is 0 Å². The largest absolute Gasteiger partial charge is 0.379 e. The van der Waals surface area contributed by atoms with Crippen LogP contribution in [0.3, 0.4) is 0 Å². The summed E-state index contributed by atoms with van der Waals surface area (Å²) in [5.41, 5.74) is 3.55. The summed E-state index contributed by atoms with van der Waals surface area (Å²) in [7, 11) is 1.86. The molecule has 8 heteroatoms. The van der Waals surface area contributed by atoms with Gasteiger partial charge in [-0.15, -0.1) is 0 Å². The second kappa shape index (κ2) is 9.26. The minimum absolute atomic E-state index is 0.114. The number of amides is 2. The zero-order valence-electron chi connectivity index (χ0n) is 17.5. The SMILES string of the molecule is CN(Cc1n[nH]c2c1CCCC2)C(=O)C1CCC(=O)N(CCN2CCOCC2)C1. The molecular formula is C21H33N5O3. The van der Waals surface area contributed by atoms with E-state index in [1.165, 1.54) is 24.1 Å². The molecule has 1 atom stereocenters. The molecule has 0 bridgehead atoms. The Hall–Kier alpha value is -1.93. The number of H-pyrrole nitrogens is 1. The number of carbonyl (C=O) groups excluding carboxylic acids is 2. The highest BCUT2D eigenvalue weighted by Crippen LogP contribution is 2.24. The molecule has 1 aromatic rings. The standard InChI is InChI=1S/C21H33N5O3/c1-24(15-19-17-4-2-3-5-18(17)22-23-19)21(28)16-6-7-20(27)26(14-16)9-8-25-10-12-29-13-11-25/h16H,2-15H2,1H3,(H,22,23). The number of ether oxygens (including phenoxy) is 1. The van der Waals surface area contributed by atoms with Crippen LogP contribution in [0.15, 0.2) is 0 Å². The van der Waals surface area contributed by atoms with Crippen molar-refractivity contribution < 1.29 is 14.3 Å². The van der Waals surface area contributed by atoms with E-state index in [0.29, 0.717) is 32.5 Å². The van der Waals surface area contributed by atoms with Crippen LogP contribution in [0.4, 0.5) is 0 Å². The van der Waals surface area contributed by atoms with Gasteiger partial charge in [0.1, 0.15) is 0 Å². The molecule has 2 fully saturated rings. The predicted octanol–water partition coefficient (Wildman–Crippen LogP) is 0.818. The number of aryl methyl sites for hydroxylation is 1. The molecular weight excluding hydrogens is 370 g/mol. The molecule has 1 unspecified atom stereocenters. The maximum absolute atomic E-state index is 13.1. The summed E-state index contributed by atoms with van der Waals surface area (Å²) in [6.45, 7) is 5.98. The fourth-order valence-electron chi connectivity index (χ4n) is 4.71. The summed E-state index contributed by atoms with van der Waals surface area (Å²) >= 11 is 0. The first kappa shape index (κ1) is 20.3. The van der Waals surface area contributed by atoms with E-state index in [9.17, 15) is 9.59 Å². The van der Waals surface area contributed by atoms with Gasteiger partial charge in [-0.1, -0.05) is 0 Å². The molecule has 2 saturated heterocycles. The monoisotopic (exact) mass is 403 g/mol. The number of rotatable bonds is 6. The van der Waals surface area contributed by atoms with E-state index in [2.05, 4.69) is 15.1 Å². The summed E-state index contributed by atoms with van der Waals surface area (Å²) in [6, 6.07) is 0. The lowest BCUT2D eigenvalue weighted by Gasteiger charge is -2.35. The lowest BCUT2D eigenvalue weighted by molar-refractivity contribution is -0.142. The van der Waals surface area contributed by atoms with Crippen molar-refractivity contribution in [1.29, 1.82) is 0 Å². The molecule has 2 amide bonds. The van der Waals surface area contributed by atoms with Gasteiger partial charge >= 0.3 is 0 Å². The number of hydrogen-bond acceptors (Lipinski definition) is 5. The summed E-state index contributed by atoms with van der Waals surface area (Å²) in [6.07, 6.45) is 5.62. The average Bonchev–Trinajstić information content (AvgIpc) is 3.16. The number of nitrogens with one attached hydrogen (secondary N) is 1. The Morgan fingerprint density at radius 1 is 1.21 bits per heavy atom. The topological polar surface area (TPSA) is 81.8 Å². The van der Waals surface area contributed by atoms with Crippen molar-refractivity contribution in [3.05, 3.63) is 17.0 Å². The first-order chi connectivity index (χ1) is 14.1. The molecule has 8 nitrogen and oxygen atoms in total. The first-order valence-electron chi connectivity index (χ1n) is 11.0. The highest BCUT2D eigenvalue weighted by Gasteiger charge is 2.32. The number of likely N-dealkylation sites (tertiary alicyclic amines) is 1. The number of hydrogen-bond donors (Lipinski definition) is 1. The van der Waals surface area contributed by atoms with Gasteiger partial charge in [-0.2, -0.15) is 5.10 Å². The summed E-state index contributed by atoms with van der Waals surface area (Å²) in [5, 5.41) is 7.63. The van der Waals surface area contributed by atoms with Crippen LogP contribution in [0.2, 0.25) is 0 Å². The van der Waals surface area contributed by atoms with Gasteiger partial charge in [0.25, 0.3) is 0 Å². The van der Waals surface area contributed by atoms with E-state index in [4.69, 9.17) is 4.74 Å². The minimum atomic E-state index is -0.114. The zero-order valence-corrected chi connectivity index (χ0v) is 17.5. The second-order valence-corrected chi connectivity index (χ2v) is 8.56. The fraction of sp³-hybridized carbons (Fsp3) is 0.762. The van der Waals surface area contributed by atoms with Crippen LogP contribution in [0, 0.1) is 5.92 Å². The number of aromatic nitrogens is 2. The number of piperidine rings is 1. The van der Waals surface area contributed by atoms with Gasteiger partial charge in [0.2, 0.25) is 11.8 Å². The molecule has 3 heterocycles. The highest BCUT2D eigenvalue weighted by molar-refractivity contribution is 5.83. The van der Waals surface area contributed by atoms with Crippen molar-refractivity contribution in [3.63, 3.8) is 0 Å². The Morgan fingerprint density at radius 3 is 2.83 bits per heavy atom. The van der Waals surface area contributed by atoms with Gasteiger partial charge in [0.05, 0.1) is 31.4 Å². The van der Waals surface area contributed by atoms with Gasteiger partial charge in [0, 0.05) is 51.9 Å². The maximum atomic E-state index is 13.1. The van der Waals surface area contributed by atoms with Crippen LogP contribution in [0.25, 0.3) is 0 Å². The molecule has 0 aromatic carbocycles. The normalized spacial score (nSPS) is 23.1. The smallest absolute Gasteiger partial charge is 0.227 e. The lowest BCUT2D eigenvalue weighted by Crippen LogP contribution is -2.49.